The van der Waals surface area contributed by atoms with E-state index in [1.165, 1.54) is 17.0 Å². The number of halogens is 3. The van der Waals surface area contributed by atoms with E-state index in [4.69, 9.17) is 5.11 Å². The van der Waals surface area contributed by atoms with E-state index >= 15 is 0 Å². The van der Waals surface area contributed by atoms with Gasteiger partial charge in [-0.05, 0) is 29.3 Å². The van der Waals surface area contributed by atoms with Gasteiger partial charge in [0.05, 0.1) is 6.04 Å². The molecule has 1 unspecified atom stereocenters. The van der Waals surface area contributed by atoms with Crippen molar-refractivity contribution in [2.24, 2.45) is 0 Å². The van der Waals surface area contributed by atoms with Crippen LogP contribution in [0.4, 0.5) is 18.0 Å². The second-order valence-electron chi connectivity index (χ2n) is 7.46. The molecule has 1 fully saturated rings. The monoisotopic (exact) mass is 449 g/mol. The van der Waals surface area contributed by atoms with Crippen LogP contribution < -0.4 is 10.1 Å². The molecular weight excluding hydrogens is 431 g/mol. The van der Waals surface area contributed by atoms with Crippen LogP contribution in [0.5, 0.6) is 5.75 Å². The van der Waals surface area contributed by atoms with Crippen molar-refractivity contribution < 1.29 is 37.4 Å². The van der Waals surface area contributed by atoms with Gasteiger partial charge in [0, 0.05) is 25.2 Å². The molecule has 2 N–H and O–H groups in total. The van der Waals surface area contributed by atoms with E-state index in [1.54, 1.807) is 24.3 Å². The number of hydrogen-bond donors (Lipinski definition) is 2. The van der Waals surface area contributed by atoms with Gasteiger partial charge in [0.2, 0.25) is 5.91 Å². The molecule has 0 spiro atoms. The van der Waals surface area contributed by atoms with E-state index < -0.39 is 36.2 Å². The van der Waals surface area contributed by atoms with Gasteiger partial charge >= 0.3 is 12.5 Å². The first-order valence-electron chi connectivity index (χ1n) is 9.66. The first-order chi connectivity index (χ1) is 15.1. The molecule has 168 valence electrons. The van der Waals surface area contributed by atoms with Crippen molar-refractivity contribution in [2.45, 2.75) is 25.0 Å². The van der Waals surface area contributed by atoms with Crippen molar-refractivity contribution in [3.05, 3.63) is 65.2 Å². The number of nitrogens with zero attached hydrogens (tertiary/aromatic N) is 2. The van der Waals surface area contributed by atoms with E-state index in [0.717, 1.165) is 17.0 Å². The quantitative estimate of drug-likeness (QED) is 0.732. The maximum Gasteiger partial charge on any atom is 0.573 e. The highest BCUT2D eigenvalue weighted by Crippen LogP contribution is 2.37. The molecule has 2 heterocycles. The molecule has 4 rings (SSSR count). The Balaban J connectivity index is 1.50. The highest BCUT2D eigenvalue weighted by Gasteiger charge is 2.48. The number of ether oxygens (including phenoxy) is 1. The maximum absolute atomic E-state index is 13.1. The number of carbonyl (C=O) groups excluding carboxylic acids is 2. The zero-order valence-corrected chi connectivity index (χ0v) is 16.5. The molecule has 2 aliphatic rings. The number of fused-ring (bicyclic) bond motifs is 1. The minimum absolute atomic E-state index is 0.0828. The van der Waals surface area contributed by atoms with Crippen LogP contribution in [0.1, 0.15) is 27.5 Å². The second kappa shape index (κ2) is 8.06. The zero-order chi connectivity index (χ0) is 23.0. The molecule has 1 atom stereocenters. The molecule has 2 aromatic carbocycles. The average molecular weight is 449 g/mol. The zero-order valence-electron chi connectivity index (χ0n) is 16.5. The van der Waals surface area contributed by atoms with Crippen molar-refractivity contribution in [1.82, 2.24) is 15.1 Å². The van der Waals surface area contributed by atoms with Gasteiger partial charge in [-0.15, -0.1) is 13.2 Å². The molecule has 0 aromatic heterocycles. The highest BCUT2D eigenvalue weighted by atomic mass is 19.4. The molecule has 0 aliphatic carbocycles. The topological polar surface area (TPSA) is 99.2 Å². The third-order valence-corrected chi connectivity index (χ3v) is 5.37. The summed E-state index contributed by atoms with van der Waals surface area (Å²) in [4.78, 5) is 39.6. The van der Waals surface area contributed by atoms with Crippen LogP contribution in [0.15, 0.2) is 48.5 Å². The molecular formula is C21H18F3N3O5. The molecule has 0 saturated carbocycles. The van der Waals surface area contributed by atoms with Crippen LogP contribution in [-0.2, 0) is 11.3 Å². The Morgan fingerprint density at radius 2 is 1.84 bits per heavy atom. The minimum Gasteiger partial charge on any atom is -0.465 e. The molecule has 2 aliphatic heterocycles. The Morgan fingerprint density at radius 3 is 2.53 bits per heavy atom. The molecule has 32 heavy (non-hydrogen) atoms. The van der Waals surface area contributed by atoms with Crippen LogP contribution in [0, 0.1) is 0 Å². The lowest BCUT2D eigenvalue weighted by Crippen LogP contribution is -2.62. The standard InChI is InChI=1S/C21H18F3N3O5/c22-21(23,24)32-14-5-3-4-12(8-14)9-25-18(28)17-15-6-1-2-7-16(15)19(29)27(17)13-10-26(11-13)20(30)31/h1-8,13,17H,9-11H2,(H,25,28)(H,30,31). The van der Waals surface area contributed by atoms with Gasteiger partial charge in [-0.25, -0.2) is 4.79 Å². The van der Waals surface area contributed by atoms with Crippen molar-refractivity contribution in [3.63, 3.8) is 0 Å². The number of amides is 3. The van der Waals surface area contributed by atoms with Crippen LogP contribution in [0.25, 0.3) is 0 Å². The Bertz CT molecular complexity index is 1070. The SMILES string of the molecule is O=C(NCc1cccc(OC(F)(F)F)c1)C1c2ccccc2C(=O)N1C1CN(C(=O)O)C1. The van der Waals surface area contributed by atoms with E-state index in [2.05, 4.69) is 10.1 Å². The first-order valence-corrected chi connectivity index (χ1v) is 9.66. The number of likely N-dealkylation sites (tertiary alicyclic amines) is 1. The highest BCUT2D eigenvalue weighted by molar-refractivity contribution is 6.05. The number of rotatable bonds is 5. The molecule has 1 saturated heterocycles. The number of alkyl halides is 3. The Labute approximate surface area is 180 Å². The van der Waals surface area contributed by atoms with Crippen molar-refractivity contribution in [2.75, 3.05) is 13.1 Å². The summed E-state index contributed by atoms with van der Waals surface area (Å²) in [6.07, 6.45) is -5.93. The summed E-state index contributed by atoms with van der Waals surface area (Å²) >= 11 is 0. The van der Waals surface area contributed by atoms with Gasteiger partial charge < -0.3 is 25.0 Å². The molecule has 2 aromatic rings. The lowest BCUT2D eigenvalue weighted by molar-refractivity contribution is -0.274. The van der Waals surface area contributed by atoms with Crippen molar-refractivity contribution in [1.29, 1.82) is 0 Å². The fourth-order valence-corrected chi connectivity index (χ4v) is 3.91. The van der Waals surface area contributed by atoms with Gasteiger partial charge in [-0.1, -0.05) is 30.3 Å². The summed E-state index contributed by atoms with van der Waals surface area (Å²) in [7, 11) is 0. The number of carboxylic acid groups (broad SMARTS) is 1. The van der Waals surface area contributed by atoms with E-state index in [9.17, 15) is 27.6 Å². The van der Waals surface area contributed by atoms with E-state index in [-0.39, 0.29) is 25.5 Å². The smallest absolute Gasteiger partial charge is 0.465 e. The lowest BCUT2D eigenvalue weighted by atomic mass is 10.0. The first kappa shape index (κ1) is 21.5. The molecule has 8 nitrogen and oxygen atoms in total. The summed E-state index contributed by atoms with van der Waals surface area (Å²) in [6.45, 7) is 0.103. The molecule has 0 radical (unpaired) electrons. The Kier molecular flexibility index (Phi) is 5.41. The van der Waals surface area contributed by atoms with Crippen LogP contribution in [-0.4, -0.2) is 58.3 Å². The van der Waals surface area contributed by atoms with Crippen molar-refractivity contribution in [3.8, 4) is 5.75 Å². The van der Waals surface area contributed by atoms with Gasteiger partial charge in [-0.2, -0.15) is 0 Å². The fourth-order valence-electron chi connectivity index (χ4n) is 3.91. The van der Waals surface area contributed by atoms with Crippen LogP contribution in [0.2, 0.25) is 0 Å². The average Bonchev–Trinajstić information content (AvgIpc) is 2.97. The predicted molar refractivity (Wildman–Crippen MR) is 104 cm³/mol. The summed E-state index contributed by atoms with van der Waals surface area (Å²) in [6, 6.07) is 10.4. The van der Waals surface area contributed by atoms with Gasteiger partial charge in [0.15, 0.2) is 0 Å². The van der Waals surface area contributed by atoms with E-state index in [0.29, 0.717) is 16.7 Å². The van der Waals surface area contributed by atoms with Crippen LogP contribution in [0.3, 0.4) is 0 Å². The second-order valence-corrected chi connectivity index (χ2v) is 7.46. The predicted octanol–water partition coefficient (Wildman–Crippen LogP) is 2.76. The summed E-state index contributed by atoms with van der Waals surface area (Å²) in [5, 5.41) is 11.7. The molecule has 3 amide bonds. The van der Waals surface area contributed by atoms with Crippen LogP contribution >= 0.6 is 0 Å². The molecule has 0 bridgehead atoms. The number of benzene rings is 2. The van der Waals surface area contributed by atoms with Gasteiger partial charge in [0.1, 0.15) is 11.8 Å². The van der Waals surface area contributed by atoms with E-state index in [1.807, 2.05) is 0 Å². The summed E-state index contributed by atoms with van der Waals surface area (Å²) in [5.41, 5.74) is 1.24. The minimum atomic E-state index is -4.83. The number of hydrogen-bond acceptors (Lipinski definition) is 4. The van der Waals surface area contributed by atoms with Gasteiger partial charge in [-0.3, -0.25) is 9.59 Å². The maximum atomic E-state index is 13.1. The third kappa shape index (κ3) is 4.18. The normalized spacial score (nSPS) is 18.2. The van der Waals surface area contributed by atoms with Crippen molar-refractivity contribution >= 4 is 17.9 Å². The lowest BCUT2D eigenvalue weighted by Gasteiger charge is -2.44. The Morgan fingerprint density at radius 1 is 1.12 bits per heavy atom. The fraction of sp³-hybridized carbons (Fsp3) is 0.286. The number of carbonyl (C=O) groups is 3. The third-order valence-electron chi connectivity index (χ3n) is 5.37. The summed E-state index contributed by atoms with van der Waals surface area (Å²) < 4.78 is 41.2. The molecule has 11 heteroatoms. The number of nitrogens with one attached hydrogen (secondary N) is 1. The van der Waals surface area contributed by atoms with Gasteiger partial charge in [0.25, 0.3) is 5.91 Å². The Hall–Kier alpha value is -3.76. The largest absolute Gasteiger partial charge is 0.573 e. The summed E-state index contributed by atoms with van der Waals surface area (Å²) in [5.74, 6) is -1.29.